The average Bonchev–Trinajstić information content (AvgIpc) is 4.42. The molecule has 11 rings (SSSR count). The third kappa shape index (κ3) is 10.9. The second-order valence-corrected chi connectivity index (χ2v) is 23.2. The first-order valence-corrected chi connectivity index (χ1v) is 28.0. The lowest BCUT2D eigenvalue weighted by molar-refractivity contribution is -0.141. The van der Waals surface area contributed by atoms with Gasteiger partial charge < -0.3 is 50.0 Å². The number of phenolic OH excluding ortho intramolecular Hbond substituents is 1. The number of terminal acetylenes is 1. The highest BCUT2D eigenvalue weighted by Gasteiger charge is 2.44. The van der Waals surface area contributed by atoms with Crippen molar-refractivity contribution in [2.45, 2.75) is 115 Å². The van der Waals surface area contributed by atoms with E-state index in [9.17, 15) is 19.8 Å². The van der Waals surface area contributed by atoms with Crippen LogP contribution in [0.15, 0.2) is 70.8 Å². The normalized spacial score (nSPS) is 22.8. The van der Waals surface area contributed by atoms with Gasteiger partial charge in [0.2, 0.25) is 11.8 Å². The zero-order valence-corrected chi connectivity index (χ0v) is 45.6. The third-order valence-corrected chi connectivity index (χ3v) is 17.1. The largest absolute Gasteiger partial charge is 0.508 e. The fourth-order valence-corrected chi connectivity index (χ4v) is 12.9. The molecule has 4 aromatic heterocycles. The lowest BCUT2D eigenvalue weighted by Crippen LogP contribution is -2.51. The minimum atomic E-state index is -0.878. The molecule has 7 aromatic rings. The number of carbonyl (C=O) groups is 2. The molecular formula is C59H64F2N10O7S. The van der Waals surface area contributed by atoms with Gasteiger partial charge in [-0.25, -0.2) is 13.8 Å². The quantitative estimate of drug-likeness (QED) is 0.0576. The van der Waals surface area contributed by atoms with Crippen LogP contribution in [0.4, 0.5) is 14.6 Å². The number of hydrogen-bond donors (Lipinski definition) is 5. The Kier molecular flexibility index (Phi) is 15.0. The number of aliphatic hydroxyl groups is 1. The Hall–Kier alpha value is -7.31. The van der Waals surface area contributed by atoms with E-state index in [-0.39, 0.29) is 112 Å². The summed E-state index contributed by atoms with van der Waals surface area (Å²) < 4.78 is 50.7. The van der Waals surface area contributed by atoms with Crippen molar-refractivity contribution in [3.63, 3.8) is 0 Å². The van der Waals surface area contributed by atoms with Gasteiger partial charge in [0, 0.05) is 72.8 Å². The molecule has 8 atom stereocenters. The Bertz CT molecular complexity index is 3470. The summed E-state index contributed by atoms with van der Waals surface area (Å²) in [7, 11) is 0. The predicted octanol–water partition coefficient (Wildman–Crippen LogP) is 8.36. The van der Waals surface area contributed by atoms with E-state index < -0.39 is 29.7 Å². The number of nitrogens with zero attached hydrogens (tertiary/aromatic N) is 7. The number of nitrogens with one attached hydrogen (secondary N) is 3. The molecule has 17 nitrogen and oxygen atoms in total. The number of β-amino-alcohol motifs (C(OH)–C–C–N with tert-alkyl or cyclic N) is 1. The van der Waals surface area contributed by atoms with Gasteiger partial charge in [-0.2, -0.15) is 9.97 Å². The van der Waals surface area contributed by atoms with E-state index in [1.165, 1.54) is 35.4 Å². The number of phenols is 1. The van der Waals surface area contributed by atoms with Gasteiger partial charge in [-0.05, 0) is 98.3 Å². The number of amides is 2. The minimum absolute atomic E-state index is 0.00275. The van der Waals surface area contributed by atoms with Crippen molar-refractivity contribution in [3.05, 3.63) is 101 Å². The summed E-state index contributed by atoms with van der Waals surface area (Å²) in [5.74, 6) is 0.119. The van der Waals surface area contributed by atoms with Crippen LogP contribution in [0, 0.1) is 42.2 Å². The molecule has 3 aromatic carbocycles. The molecule has 0 spiro atoms. The lowest BCUT2D eigenvalue weighted by atomic mass is 9.78. The van der Waals surface area contributed by atoms with Crippen LogP contribution in [0.2, 0.25) is 0 Å². The van der Waals surface area contributed by atoms with Crippen LogP contribution in [-0.2, 0) is 9.59 Å². The molecule has 20 heteroatoms. The van der Waals surface area contributed by atoms with Gasteiger partial charge >= 0.3 is 6.01 Å². The summed E-state index contributed by atoms with van der Waals surface area (Å²) in [6.07, 6.45) is 10.7. The summed E-state index contributed by atoms with van der Waals surface area (Å²) in [5, 5.41) is 37.1. The van der Waals surface area contributed by atoms with Crippen LogP contribution in [-0.4, -0.2) is 122 Å². The van der Waals surface area contributed by atoms with Crippen molar-refractivity contribution in [1.29, 1.82) is 0 Å². The van der Waals surface area contributed by atoms with Crippen LogP contribution in [0.1, 0.15) is 101 Å². The molecule has 2 bridgehead atoms. The van der Waals surface area contributed by atoms with Crippen molar-refractivity contribution in [1.82, 2.24) is 45.9 Å². The van der Waals surface area contributed by atoms with Crippen LogP contribution in [0.3, 0.4) is 0 Å². The molecule has 0 aliphatic carbocycles. The van der Waals surface area contributed by atoms with E-state index in [2.05, 4.69) is 53.8 Å². The van der Waals surface area contributed by atoms with E-state index in [1.54, 1.807) is 17.4 Å². The number of aromatic hydroxyl groups is 1. The number of thiazole rings is 1. The number of rotatable bonds is 16. The number of likely N-dealkylation sites (tertiary alicyclic amines) is 1. The van der Waals surface area contributed by atoms with Crippen LogP contribution < -0.4 is 30.3 Å². The summed E-state index contributed by atoms with van der Waals surface area (Å²) >= 11 is 1.58. The van der Waals surface area contributed by atoms with E-state index >= 15 is 8.78 Å². The number of piperazine rings is 1. The topological polar surface area (TPSA) is 213 Å². The van der Waals surface area contributed by atoms with Crippen molar-refractivity contribution >= 4 is 50.6 Å². The van der Waals surface area contributed by atoms with Gasteiger partial charge in [0.1, 0.15) is 40.6 Å². The smallest absolute Gasteiger partial charge is 0.319 e. The number of pyridine rings is 1. The molecule has 4 aliphatic heterocycles. The summed E-state index contributed by atoms with van der Waals surface area (Å²) in [6.45, 7) is 12.4. The second kappa shape index (κ2) is 22.1. The van der Waals surface area contributed by atoms with E-state index in [0.29, 0.717) is 55.0 Å². The maximum atomic E-state index is 17.2. The first-order valence-electron chi connectivity index (χ1n) is 27.1. The first kappa shape index (κ1) is 53.7. The number of aliphatic hydroxyl groups excluding tert-OH is 1. The predicted molar refractivity (Wildman–Crippen MR) is 296 cm³/mol. The lowest BCUT2D eigenvalue weighted by Gasteiger charge is -2.38. The van der Waals surface area contributed by atoms with Gasteiger partial charge in [0.15, 0.2) is 11.6 Å². The highest BCUT2D eigenvalue weighted by molar-refractivity contribution is 7.13. The number of benzene rings is 3. The van der Waals surface area contributed by atoms with Crippen molar-refractivity contribution in [2.75, 3.05) is 44.3 Å². The van der Waals surface area contributed by atoms with Gasteiger partial charge in [0.05, 0.1) is 52.4 Å². The number of ether oxygens (including phenoxy) is 2. The summed E-state index contributed by atoms with van der Waals surface area (Å²) in [6, 6.07) is 14.4. The number of carbonyl (C=O) groups excluding carboxylic acids is 2. The van der Waals surface area contributed by atoms with E-state index in [0.717, 1.165) is 47.4 Å². The van der Waals surface area contributed by atoms with Crippen molar-refractivity contribution in [3.8, 4) is 51.7 Å². The average molecular weight is 1100 g/mol. The Morgan fingerprint density at radius 1 is 1.04 bits per heavy atom. The number of piperidine rings is 1. The molecule has 4 saturated heterocycles. The highest BCUT2D eigenvalue weighted by Crippen LogP contribution is 2.41. The highest BCUT2D eigenvalue weighted by atomic mass is 32.1. The fraction of sp³-hybridized carbons (Fsp3) is 0.441. The Morgan fingerprint density at radius 2 is 1.82 bits per heavy atom. The molecule has 412 valence electrons. The molecule has 4 aliphatic rings. The number of aromatic nitrogens is 5. The summed E-state index contributed by atoms with van der Waals surface area (Å²) in [4.78, 5) is 51.4. The molecule has 0 saturated carbocycles. The van der Waals surface area contributed by atoms with Crippen LogP contribution >= 0.6 is 11.3 Å². The number of anilines is 1. The number of fused-ring (bicyclic) bond motifs is 4. The zero-order valence-electron chi connectivity index (χ0n) is 44.8. The molecule has 79 heavy (non-hydrogen) atoms. The van der Waals surface area contributed by atoms with Gasteiger partial charge in [-0.1, -0.05) is 57.0 Å². The molecule has 4 unspecified atom stereocenters. The fourth-order valence-electron chi connectivity index (χ4n) is 12.1. The number of hydrogen-bond acceptors (Lipinski definition) is 16. The molecule has 0 radical (unpaired) electrons. The molecule has 5 N–H and O–H groups in total. The number of aryl methyl sites for hydroxylation is 1. The van der Waals surface area contributed by atoms with Gasteiger partial charge in [-0.3, -0.25) is 14.6 Å². The Balaban J connectivity index is 0.743. The van der Waals surface area contributed by atoms with E-state index in [4.69, 9.17) is 25.4 Å². The Morgan fingerprint density at radius 3 is 2.56 bits per heavy atom. The molecule has 4 fully saturated rings. The summed E-state index contributed by atoms with van der Waals surface area (Å²) in [5.41, 5.74) is 4.33. The van der Waals surface area contributed by atoms with E-state index in [1.807, 2.05) is 57.5 Å². The monoisotopic (exact) mass is 1090 g/mol. The SMILES string of the molecule is C#Cc1c(F)ccc2cc(O)cc(-c3ncc4c(N5CC6CCC(C5)N6)nc(OCCC5CC(C)(COc6cc([C@H](C(=O)N7C[C@H](O)C[C@H]7C(=O)N[C@@H](C)c7ccc(-c8scnc8C)cc7)C(C)C)on6)CCN5)nc4c3F)c12. The van der Waals surface area contributed by atoms with Gasteiger partial charge in [0.25, 0.3) is 5.88 Å². The third-order valence-electron chi connectivity index (χ3n) is 16.2. The minimum Gasteiger partial charge on any atom is -0.508 e. The van der Waals surface area contributed by atoms with Gasteiger partial charge in [-0.15, -0.1) is 17.8 Å². The maximum absolute atomic E-state index is 17.2. The standard InChI is InChI=1S/C59H64F2N10O7S/c1-7-42-45(60)15-12-36-20-40(72)21-43(50(36)42)52-51(61)53-44(25-63-52)55(70-26-38-13-14-39(27-70)66-38)68-58(67-53)76-19-16-37-24-59(6,17-18-62-37)29-77-48-23-47(78-69-48)49(31(2)3)57(75)71-28-41(73)22-46(71)56(74)65-32(4)34-8-10-35(11-9-34)54-33(5)64-30-79-54/h1,8-12,15,20-21,23,25,30-32,37-39,41,46,49,62,66,72-73H,13-14,16-19,22,24,26-29H2,2-6H3,(H,65,74)/t32-,37?,38?,39?,41+,46-,49+,59?/m0/s1. The molecule has 8 heterocycles. The molecule has 2 amide bonds. The first-order chi connectivity index (χ1) is 38.0. The van der Waals surface area contributed by atoms with Crippen molar-refractivity contribution < 1.29 is 42.6 Å². The van der Waals surface area contributed by atoms with Crippen molar-refractivity contribution in [2.24, 2.45) is 11.3 Å². The molecular weight excluding hydrogens is 1030 g/mol. The Labute approximate surface area is 460 Å². The van der Waals surface area contributed by atoms with Crippen LogP contribution in [0.25, 0.3) is 43.4 Å². The second-order valence-electron chi connectivity index (χ2n) is 22.4. The maximum Gasteiger partial charge on any atom is 0.319 e. The zero-order chi connectivity index (χ0) is 55.3. The van der Waals surface area contributed by atoms with Crippen LogP contribution in [0.5, 0.6) is 17.6 Å². The number of halogens is 2.